The van der Waals surface area contributed by atoms with E-state index in [1.165, 1.54) is 6.42 Å². The lowest BCUT2D eigenvalue weighted by molar-refractivity contribution is 0.0247. The largest absolute Gasteiger partial charge is 0.462 e. The maximum atomic E-state index is 11.9. The summed E-state index contributed by atoms with van der Waals surface area (Å²) in [5, 5.41) is 3.24. The van der Waals surface area contributed by atoms with Crippen LogP contribution in [0.25, 0.3) is 0 Å². The molecule has 0 saturated carbocycles. The molecule has 1 aromatic carbocycles. The summed E-state index contributed by atoms with van der Waals surface area (Å²) in [4.78, 5) is 11.9. The van der Waals surface area contributed by atoms with Crippen LogP contribution >= 0.6 is 0 Å². The van der Waals surface area contributed by atoms with E-state index in [9.17, 15) is 4.79 Å². The molecule has 0 radical (unpaired) electrons. The van der Waals surface area contributed by atoms with Gasteiger partial charge in [-0.1, -0.05) is 6.07 Å². The highest BCUT2D eigenvalue weighted by Gasteiger charge is 2.18. The molecule has 3 N–H and O–H groups in total. The number of ether oxygens (including phenoxy) is 2. The van der Waals surface area contributed by atoms with E-state index in [4.69, 9.17) is 15.2 Å². The number of esters is 1. The van der Waals surface area contributed by atoms with Crippen molar-refractivity contribution < 1.29 is 14.3 Å². The van der Waals surface area contributed by atoms with Gasteiger partial charge in [0.05, 0.1) is 29.6 Å². The van der Waals surface area contributed by atoms with E-state index in [0.717, 1.165) is 19.4 Å². The van der Waals surface area contributed by atoms with Gasteiger partial charge < -0.3 is 20.5 Å². The second-order valence-corrected chi connectivity index (χ2v) is 4.86. The van der Waals surface area contributed by atoms with Crippen LogP contribution in [0.5, 0.6) is 0 Å². The van der Waals surface area contributed by atoms with Crippen molar-refractivity contribution in [2.75, 3.05) is 30.8 Å². The SMILES string of the molecule is CCOC(=O)c1cccc(N)c1NCC1CCCCO1. The van der Waals surface area contributed by atoms with Gasteiger partial charge in [-0.2, -0.15) is 0 Å². The highest BCUT2D eigenvalue weighted by Crippen LogP contribution is 2.25. The number of hydrogen-bond acceptors (Lipinski definition) is 5. The molecule has 1 saturated heterocycles. The van der Waals surface area contributed by atoms with Gasteiger partial charge in [0.25, 0.3) is 0 Å². The molecular weight excluding hydrogens is 256 g/mol. The van der Waals surface area contributed by atoms with Crippen LogP contribution in [0.4, 0.5) is 11.4 Å². The van der Waals surface area contributed by atoms with Crippen LogP contribution in [0.15, 0.2) is 18.2 Å². The molecule has 5 heteroatoms. The molecule has 1 aromatic rings. The highest BCUT2D eigenvalue weighted by atomic mass is 16.5. The Morgan fingerprint density at radius 3 is 3.05 bits per heavy atom. The summed E-state index contributed by atoms with van der Waals surface area (Å²) in [7, 11) is 0. The Bertz CT molecular complexity index is 456. The van der Waals surface area contributed by atoms with Gasteiger partial charge in [0.2, 0.25) is 0 Å². The van der Waals surface area contributed by atoms with Gasteiger partial charge in [0.15, 0.2) is 0 Å². The van der Waals surface area contributed by atoms with Crippen LogP contribution in [0.1, 0.15) is 36.5 Å². The summed E-state index contributed by atoms with van der Waals surface area (Å²) in [5.41, 5.74) is 7.62. The molecule has 0 aromatic heterocycles. The third kappa shape index (κ3) is 3.63. The molecule has 0 amide bonds. The highest BCUT2D eigenvalue weighted by molar-refractivity contribution is 5.98. The lowest BCUT2D eigenvalue weighted by Gasteiger charge is -2.24. The molecule has 2 rings (SSSR count). The van der Waals surface area contributed by atoms with E-state index in [0.29, 0.717) is 30.1 Å². The first-order chi connectivity index (χ1) is 9.72. The fourth-order valence-corrected chi connectivity index (χ4v) is 2.33. The summed E-state index contributed by atoms with van der Waals surface area (Å²) < 4.78 is 10.7. The molecule has 1 aliphatic heterocycles. The van der Waals surface area contributed by atoms with Crippen LogP contribution in [0, 0.1) is 0 Å². The molecule has 5 nitrogen and oxygen atoms in total. The van der Waals surface area contributed by atoms with Crippen LogP contribution in [0.2, 0.25) is 0 Å². The van der Waals surface area contributed by atoms with Crippen LogP contribution in [0.3, 0.4) is 0 Å². The van der Waals surface area contributed by atoms with Crippen molar-refractivity contribution >= 4 is 17.3 Å². The maximum absolute atomic E-state index is 11.9. The second kappa shape index (κ2) is 7.14. The monoisotopic (exact) mass is 278 g/mol. The molecule has 1 aliphatic rings. The molecule has 0 bridgehead atoms. The van der Waals surface area contributed by atoms with Crippen molar-refractivity contribution in [2.45, 2.75) is 32.3 Å². The summed E-state index contributed by atoms with van der Waals surface area (Å²) in [6, 6.07) is 5.25. The zero-order valence-corrected chi connectivity index (χ0v) is 11.9. The lowest BCUT2D eigenvalue weighted by Crippen LogP contribution is -2.27. The summed E-state index contributed by atoms with van der Waals surface area (Å²) in [6.07, 6.45) is 3.52. The van der Waals surface area contributed by atoms with Crippen molar-refractivity contribution in [3.05, 3.63) is 23.8 Å². The van der Waals surface area contributed by atoms with Crippen LogP contribution in [-0.4, -0.2) is 31.8 Å². The average Bonchev–Trinajstić information content (AvgIpc) is 2.47. The predicted octanol–water partition coefficient (Wildman–Crippen LogP) is 2.43. The molecule has 1 fully saturated rings. The first kappa shape index (κ1) is 14.7. The molecule has 1 atom stereocenters. The lowest BCUT2D eigenvalue weighted by atomic mass is 10.1. The summed E-state index contributed by atoms with van der Waals surface area (Å²) >= 11 is 0. The number of nitrogens with two attached hydrogens (primary N) is 1. The number of anilines is 2. The third-order valence-corrected chi connectivity index (χ3v) is 3.37. The van der Waals surface area contributed by atoms with Crippen LogP contribution in [-0.2, 0) is 9.47 Å². The van der Waals surface area contributed by atoms with E-state index in [2.05, 4.69) is 5.32 Å². The van der Waals surface area contributed by atoms with E-state index >= 15 is 0 Å². The number of rotatable bonds is 5. The number of hydrogen-bond donors (Lipinski definition) is 2. The number of para-hydroxylation sites is 1. The summed E-state index contributed by atoms with van der Waals surface area (Å²) in [6.45, 7) is 3.59. The van der Waals surface area contributed by atoms with E-state index in [1.807, 2.05) is 0 Å². The summed E-state index contributed by atoms with van der Waals surface area (Å²) in [5.74, 6) is -0.355. The number of carbonyl (C=O) groups excluding carboxylic acids is 1. The minimum atomic E-state index is -0.355. The van der Waals surface area contributed by atoms with Gasteiger partial charge in [-0.3, -0.25) is 0 Å². The van der Waals surface area contributed by atoms with Gasteiger partial charge in [-0.15, -0.1) is 0 Å². The number of nitrogen functional groups attached to an aromatic ring is 1. The van der Waals surface area contributed by atoms with Gasteiger partial charge in [-0.05, 0) is 38.3 Å². The Balaban J connectivity index is 2.06. The van der Waals surface area contributed by atoms with E-state index < -0.39 is 0 Å². The zero-order chi connectivity index (χ0) is 14.4. The smallest absolute Gasteiger partial charge is 0.340 e. The maximum Gasteiger partial charge on any atom is 0.340 e. The normalized spacial score (nSPS) is 18.6. The van der Waals surface area contributed by atoms with Crippen molar-refractivity contribution in [2.24, 2.45) is 0 Å². The van der Waals surface area contributed by atoms with E-state index in [1.54, 1.807) is 25.1 Å². The fourth-order valence-electron chi connectivity index (χ4n) is 2.33. The topological polar surface area (TPSA) is 73.6 Å². The Kier molecular flexibility index (Phi) is 5.24. The van der Waals surface area contributed by atoms with Gasteiger partial charge in [0, 0.05) is 13.2 Å². The Morgan fingerprint density at radius 2 is 2.35 bits per heavy atom. The first-order valence-corrected chi connectivity index (χ1v) is 7.13. The average molecular weight is 278 g/mol. The Hall–Kier alpha value is -1.75. The molecule has 1 heterocycles. The molecule has 1 unspecified atom stereocenters. The predicted molar refractivity (Wildman–Crippen MR) is 78.9 cm³/mol. The third-order valence-electron chi connectivity index (χ3n) is 3.37. The van der Waals surface area contributed by atoms with Crippen molar-refractivity contribution in [1.82, 2.24) is 0 Å². The van der Waals surface area contributed by atoms with Crippen LogP contribution < -0.4 is 11.1 Å². The number of benzene rings is 1. The van der Waals surface area contributed by atoms with Crippen molar-refractivity contribution in [3.63, 3.8) is 0 Å². The quantitative estimate of drug-likeness (QED) is 0.639. The van der Waals surface area contributed by atoms with Gasteiger partial charge in [0.1, 0.15) is 0 Å². The molecule has 0 spiro atoms. The fraction of sp³-hybridized carbons (Fsp3) is 0.533. The van der Waals surface area contributed by atoms with Gasteiger partial charge >= 0.3 is 5.97 Å². The number of carbonyl (C=O) groups is 1. The molecular formula is C15H22N2O3. The molecule has 0 aliphatic carbocycles. The molecule has 110 valence electrons. The second-order valence-electron chi connectivity index (χ2n) is 4.86. The first-order valence-electron chi connectivity index (χ1n) is 7.13. The van der Waals surface area contributed by atoms with Crippen molar-refractivity contribution in [1.29, 1.82) is 0 Å². The van der Waals surface area contributed by atoms with Crippen molar-refractivity contribution in [3.8, 4) is 0 Å². The Labute approximate surface area is 119 Å². The standard InChI is InChI=1S/C15H22N2O3/c1-2-19-15(18)12-7-5-8-13(16)14(12)17-10-11-6-3-4-9-20-11/h5,7-8,11,17H,2-4,6,9-10,16H2,1H3. The minimum absolute atomic E-state index is 0.179. The van der Waals surface area contributed by atoms with E-state index in [-0.39, 0.29) is 12.1 Å². The molecule has 20 heavy (non-hydrogen) atoms. The number of nitrogens with one attached hydrogen (secondary N) is 1. The van der Waals surface area contributed by atoms with Gasteiger partial charge in [-0.25, -0.2) is 4.79 Å². The Morgan fingerprint density at radius 1 is 1.50 bits per heavy atom. The zero-order valence-electron chi connectivity index (χ0n) is 11.9. The minimum Gasteiger partial charge on any atom is -0.462 e.